The number of halogens is 1. The summed E-state index contributed by atoms with van der Waals surface area (Å²) in [4.78, 5) is 15.0. The number of carbonyl (C=O) groups is 1. The number of pyridine rings is 1. The van der Waals surface area contributed by atoms with E-state index in [9.17, 15) is 4.79 Å². The lowest BCUT2D eigenvalue weighted by Gasteiger charge is -2.26. The van der Waals surface area contributed by atoms with E-state index in [1.165, 1.54) is 6.08 Å². The molecule has 2 heterocycles. The van der Waals surface area contributed by atoms with Crippen molar-refractivity contribution in [3.8, 4) is 0 Å². The summed E-state index contributed by atoms with van der Waals surface area (Å²) in [6.07, 6.45) is 2.50. The molecule has 0 saturated carbocycles. The fourth-order valence-corrected chi connectivity index (χ4v) is 2.52. The minimum atomic E-state index is -0.892. The first-order chi connectivity index (χ1) is 8.56. The molecule has 1 saturated heterocycles. The molecule has 2 rings (SSSR count). The molecule has 1 aliphatic rings. The van der Waals surface area contributed by atoms with Crippen LogP contribution in [0.4, 0.5) is 0 Å². The maximum Gasteiger partial charge on any atom is 0.328 e. The second-order valence-corrected chi connectivity index (χ2v) is 5.08. The average molecular weight is 312 g/mol. The highest BCUT2D eigenvalue weighted by Crippen LogP contribution is 2.32. The van der Waals surface area contributed by atoms with Crippen LogP contribution in [0.25, 0.3) is 0 Å². The zero-order chi connectivity index (χ0) is 13.1. The first-order valence-corrected chi connectivity index (χ1v) is 6.52. The Balaban J connectivity index is 2.20. The van der Waals surface area contributed by atoms with E-state index in [1.807, 2.05) is 19.1 Å². The Bertz CT molecular complexity index is 499. The number of carboxylic acids is 1. The summed E-state index contributed by atoms with van der Waals surface area (Å²) in [5.74, 6) is -0.892. The van der Waals surface area contributed by atoms with Crippen LogP contribution >= 0.6 is 15.9 Å². The molecule has 4 nitrogen and oxygen atoms in total. The predicted octanol–water partition coefficient (Wildman–Crippen LogP) is 3.02. The molecule has 0 aromatic carbocycles. The summed E-state index contributed by atoms with van der Waals surface area (Å²) in [7, 11) is 0. The molecule has 1 aromatic rings. The van der Waals surface area contributed by atoms with Gasteiger partial charge in [0, 0.05) is 17.3 Å². The topological polar surface area (TPSA) is 59.4 Å². The number of nitrogens with zero attached hydrogens (tertiary/aromatic N) is 1. The summed E-state index contributed by atoms with van der Waals surface area (Å²) in [6, 6.07) is 3.85. The van der Waals surface area contributed by atoms with Crippen LogP contribution in [-0.4, -0.2) is 22.7 Å². The van der Waals surface area contributed by atoms with Gasteiger partial charge in [-0.25, -0.2) is 9.78 Å². The van der Waals surface area contributed by atoms with Gasteiger partial charge in [-0.05, 0) is 41.8 Å². The van der Waals surface area contributed by atoms with Crippen molar-refractivity contribution >= 4 is 21.9 Å². The van der Waals surface area contributed by atoms with E-state index in [-0.39, 0.29) is 6.10 Å². The second kappa shape index (κ2) is 5.63. The van der Waals surface area contributed by atoms with Crippen LogP contribution in [0.15, 0.2) is 28.4 Å². The van der Waals surface area contributed by atoms with Crippen molar-refractivity contribution in [1.82, 2.24) is 4.98 Å². The van der Waals surface area contributed by atoms with E-state index in [1.54, 1.807) is 0 Å². The standard InChI is InChI=1S/C13H14BrNO3/c1-8-10(2-3-12(14)15-8)11-6-9(4-5-18-11)7-13(16)17/h2-3,7,11H,4-6H2,1H3,(H,16,17)/b9-7-. The zero-order valence-corrected chi connectivity index (χ0v) is 11.6. The van der Waals surface area contributed by atoms with E-state index in [0.29, 0.717) is 19.4 Å². The maximum absolute atomic E-state index is 10.7. The number of aliphatic carboxylic acids is 1. The third kappa shape index (κ3) is 3.17. The minimum absolute atomic E-state index is 0.0926. The van der Waals surface area contributed by atoms with Crippen molar-refractivity contribution in [1.29, 1.82) is 0 Å². The lowest BCUT2D eigenvalue weighted by molar-refractivity contribution is -0.131. The van der Waals surface area contributed by atoms with Gasteiger partial charge in [-0.1, -0.05) is 11.6 Å². The number of hydrogen-bond donors (Lipinski definition) is 1. The van der Waals surface area contributed by atoms with Crippen molar-refractivity contribution < 1.29 is 14.6 Å². The molecule has 0 radical (unpaired) electrons. The predicted molar refractivity (Wildman–Crippen MR) is 70.3 cm³/mol. The largest absolute Gasteiger partial charge is 0.478 e. The Morgan fingerprint density at radius 2 is 2.39 bits per heavy atom. The van der Waals surface area contributed by atoms with Crippen LogP contribution in [0.5, 0.6) is 0 Å². The lowest BCUT2D eigenvalue weighted by atomic mass is 9.96. The van der Waals surface area contributed by atoms with Crippen LogP contribution < -0.4 is 0 Å². The van der Waals surface area contributed by atoms with Crippen molar-refractivity contribution in [3.63, 3.8) is 0 Å². The molecule has 0 aliphatic carbocycles. The number of rotatable bonds is 2. The molecular formula is C13H14BrNO3. The van der Waals surface area contributed by atoms with E-state index in [4.69, 9.17) is 9.84 Å². The van der Waals surface area contributed by atoms with Gasteiger partial charge >= 0.3 is 5.97 Å². The van der Waals surface area contributed by atoms with Gasteiger partial charge in [0.05, 0.1) is 12.7 Å². The van der Waals surface area contributed by atoms with Gasteiger partial charge in [0.25, 0.3) is 0 Å². The van der Waals surface area contributed by atoms with Gasteiger partial charge in [-0.2, -0.15) is 0 Å². The molecule has 5 heteroatoms. The molecule has 0 bridgehead atoms. The molecule has 1 atom stereocenters. The SMILES string of the molecule is Cc1nc(Br)ccc1C1C/C(=C\C(=O)O)CCO1. The van der Waals surface area contributed by atoms with Crippen molar-refractivity contribution in [2.45, 2.75) is 25.9 Å². The highest BCUT2D eigenvalue weighted by Gasteiger charge is 2.22. The Morgan fingerprint density at radius 1 is 1.61 bits per heavy atom. The molecule has 1 N–H and O–H groups in total. The van der Waals surface area contributed by atoms with Gasteiger partial charge in [0.15, 0.2) is 0 Å². The molecule has 0 amide bonds. The summed E-state index contributed by atoms with van der Waals surface area (Å²) in [6.45, 7) is 2.48. The normalized spacial score (nSPS) is 22.1. The van der Waals surface area contributed by atoms with Gasteiger partial charge in [0.1, 0.15) is 4.60 Å². The van der Waals surface area contributed by atoms with Gasteiger partial charge < -0.3 is 9.84 Å². The van der Waals surface area contributed by atoms with Crippen LogP contribution in [0, 0.1) is 6.92 Å². The van der Waals surface area contributed by atoms with Crippen molar-refractivity contribution in [3.05, 3.63) is 39.6 Å². The number of hydrogen-bond acceptors (Lipinski definition) is 3. The molecule has 96 valence electrons. The number of aromatic nitrogens is 1. The van der Waals surface area contributed by atoms with Gasteiger partial charge in [-0.15, -0.1) is 0 Å². The van der Waals surface area contributed by atoms with E-state index >= 15 is 0 Å². The van der Waals surface area contributed by atoms with E-state index in [2.05, 4.69) is 20.9 Å². The first kappa shape index (κ1) is 13.2. The Labute approximate surface area is 114 Å². The average Bonchev–Trinajstić information content (AvgIpc) is 2.28. The number of aryl methyl sites for hydroxylation is 1. The fourth-order valence-electron chi connectivity index (χ4n) is 2.12. The Morgan fingerprint density at radius 3 is 3.06 bits per heavy atom. The van der Waals surface area contributed by atoms with E-state index < -0.39 is 5.97 Å². The van der Waals surface area contributed by atoms with Crippen LogP contribution in [0.1, 0.15) is 30.2 Å². The smallest absolute Gasteiger partial charge is 0.328 e. The number of carboxylic acid groups (broad SMARTS) is 1. The molecule has 1 unspecified atom stereocenters. The van der Waals surface area contributed by atoms with Gasteiger partial charge in [0.2, 0.25) is 0 Å². The monoisotopic (exact) mass is 311 g/mol. The highest BCUT2D eigenvalue weighted by atomic mass is 79.9. The molecule has 0 spiro atoms. The Kier molecular flexibility index (Phi) is 4.14. The Hall–Kier alpha value is -1.20. The third-order valence-electron chi connectivity index (χ3n) is 2.96. The zero-order valence-electron chi connectivity index (χ0n) is 10.0. The van der Waals surface area contributed by atoms with Crippen LogP contribution in [-0.2, 0) is 9.53 Å². The maximum atomic E-state index is 10.7. The van der Waals surface area contributed by atoms with Crippen LogP contribution in [0.2, 0.25) is 0 Å². The summed E-state index contributed by atoms with van der Waals surface area (Å²) < 4.78 is 6.50. The fraction of sp³-hybridized carbons (Fsp3) is 0.385. The van der Waals surface area contributed by atoms with Crippen molar-refractivity contribution in [2.24, 2.45) is 0 Å². The molecular weight excluding hydrogens is 298 g/mol. The summed E-state index contributed by atoms with van der Waals surface area (Å²) >= 11 is 3.32. The van der Waals surface area contributed by atoms with Crippen LogP contribution in [0.3, 0.4) is 0 Å². The summed E-state index contributed by atoms with van der Waals surface area (Å²) in [5.41, 5.74) is 2.85. The molecule has 1 aliphatic heterocycles. The van der Waals surface area contributed by atoms with Crippen molar-refractivity contribution in [2.75, 3.05) is 6.61 Å². The minimum Gasteiger partial charge on any atom is -0.478 e. The lowest BCUT2D eigenvalue weighted by Crippen LogP contribution is -2.16. The second-order valence-electron chi connectivity index (χ2n) is 4.26. The molecule has 18 heavy (non-hydrogen) atoms. The summed E-state index contributed by atoms with van der Waals surface area (Å²) in [5, 5.41) is 8.78. The third-order valence-corrected chi connectivity index (χ3v) is 3.40. The number of ether oxygens (including phenoxy) is 1. The quantitative estimate of drug-likeness (QED) is 0.673. The first-order valence-electron chi connectivity index (χ1n) is 5.73. The van der Waals surface area contributed by atoms with E-state index in [0.717, 1.165) is 21.4 Å². The highest BCUT2D eigenvalue weighted by molar-refractivity contribution is 9.10. The molecule has 1 aromatic heterocycles. The van der Waals surface area contributed by atoms with Gasteiger partial charge in [-0.3, -0.25) is 0 Å². The molecule has 1 fully saturated rings.